The molecule has 1 amide bonds. The lowest BCUT2D eigenvalue weighted by molar-refractivity contribution is -0.115. The number of carbonyl (C=O) groups excluding carboxylic acids is 1. The Kier molecular flexibility index (Phi) is 6.56. The van der Waals surface area contributed by atoms with Crippen LogP contribution in [0.4, 0.5) is 11.4 Å². The summed E-state index contributed by atoms with van der Waals surface area (Å²) in [6.45, 7) is -0.245. The van der Waals surface area contributed by atoms with Crippen molar-refractivity contribution >= 4 is 29.0 Å². The molecule has 0 aliphatic carbocycles. The van der Waals surface area contributed by atoms with Crippen molar-refractivity contribution < 1.29 is 15.0 Å². The van der Waals surface area contributed by atoms with Gasteiger partial charge in [0.25, 0.3) is 0 Å². The van der Waals surface area contributed by atoms with Crippen LogP contribution >= 0.6 is 11.8 Å². The Morgan fingerprint density at radius 1 is 1.39 bits per heavy atom. The van der Waals surface area contributed by atoms with E-state index in [0.29, 0.717) is 23.6 Å². The number of thioether (sulfide) groups is 1. The number of nitrogens with two attached hydrogens (primary N) is 1. The molecular weight excluding hydrogens is 252 g/mol. The summed E-state index contributed by atoms with van der Waals surface area (Å²) in [5.41, 5.74) is 6.91. The third-order valence-electron chi connectivity index (χ3n) is 2.19. The predicted molar refractivity (Wildman–Crippen MR) is 74.5 cm³/mol. The van der Waals surface area contributed by atoms with Crippen LogP contribution in [0.2, 0.25) is 0 Å². The van der Waals surface area contributed by atoms with E-state index >= 15 is 0 Å². The van der Waals surface area contributed by atoms with Crippen molar-refractivity contribution in [1.82, 2.24) is 0 Å². The highest BCUT2D eigenvalue weighted by Crippen LogP contribution is 2.11. The average molecular weight is 270 g/mol. The minimum absolute atomic E-state index is 0.0780. The van der Waals surface area contributed by atoms with Gasteiger partial charge in [0.2, 0.25) is 5.91 Å². The molecule has 0 fully saturated rings. The molecular formula is C12H18N2O3S. The summed E-state index contributed by atoms with van der Waals surface area (Å²) in [7, 11) is 0. The molecule has 0 bridgehead atoms. The monoisotopic (exact) mass is 270 g/mol. The second-order valence-electron chi connectivity index (χ2n) is 3.83. The third-order valence-corrected chi connectivity index (χ3v) is 3.30. The highest BCUT2D eigenvalue weighted by molar-refractivity contribution is 7.99. The van der Waals surface area contributed by atoms with E-state index in [1.54, 1.807) is 24.3 Å². The number of hydrogen-bond donors (Lipinski definition) is 4. The van der Waals surface area contributed by atoms with E-state index in [-0.39, 0.29) is 12.5 Å². The first-order valence-corrected chi connectivity index (χ1v) is 6.79. The Balaban J connectivity index is 2.19. The smallest absolute Gasteiger partial charge is 0.225 e. The number of benzene rings is 1. The number of carbonyl (C=O) groups is 1. The SMILES string of the molecule is Nc1ccc(NC(=O)CCSCC(O)CO)cc1. The summed E-state index contributed by atoms with van der Waals surface area (Å²) in [4.78, 5) is 11.5. The molecule has 6 heteroatoms. The van der Waals surface area contributed by atoms with Gasteiger partial charge in [-0.05, 0) is 24.3 Å². The van der Waals surface area contributed by atoms with Gasteiger partial charge in [0, 0.05) is 29.3 Å². The van der Waals surface area contributed by atoms with Crippen LogP contribution < -0.4 is 11.1 Å². The van der Waals surface area contributed by atoms with Gasteiger partial charge in [-0.25, -0.2) is 0 Å². The van der Waals surface area contributed by atoms with E-state index in [1.807, 2.05) is 0 Å². The summed E-state index contributed by atoms with van der Waals surface area (Å²) in [6, 6.07) is 6.94. The predicted octanol–water partition coefficient (Wildman–Crippen LogP) is 0.684. The highest BCUT2D eigenvalue weighted by atomic mass is 32.2. The number of aliphatic hydroxyl groups excluding tert-OH is 2. The lowest BCUT2D eigenvalue weighted by atomic mass is 10.3. The fraction of sp³-hybridized carbons (Fsp3) is 0.417. The molecule has 1 rings (SSSR count). The number of rotatable bonds is 7. The average Bonchev–Trinajstić information content (AvgIpc) is 2.37. The van der Waals surface area contributed by atoms with Crippen LogP contribution in [0.1, 0.15) is 6.42 Å². The van der Waals surface area contributed by atoms with Gasteiger partial charge in [-0.1, -0.05) is 0 Å². The van der Waals surface area contributed by atoms with Gasteiger partial charge in [0.15, 0.2) is 0 Å². The van der Waals surface area contributed by atoms with Crippen molar-refractivity contribution in [3.63, 3.8) is 0 Å². The summed E-state index contributed by atoms with van der Waals surface area (Å²) < 4.78 is 0. The molecule has 1 unspecified atom stereocenters. The highest BCUT2D eigenvalue weighted by Gasteiger charge is 2.05. The first-order valence-electron chi connectivity index (χ1n) is 5.64. The quantitative estimate of drug-likeness (QED) is 0.432. The molecule has 0 aliphatic rings. The Morgan fingerprint density at radius 2 is 2.06 bits per heavy atom. The lowest BCUT2D eigenvalue weighted by Gasteiger charge is -2.07. The summed E-state index contributed by atoms with van der Waals surface area (Å²) >= 11 is 1.44. The third kappa shape index (κ3) is 5.90. The van der Waals surface area contributed by atoms with Crippen molar-refractivity contribution in [3.8, 4) is 0 Å². The molecule has 0 spiro atoms. The molecule has 1 aromatic carbocycles. The number of hydrogen-bond acceptors (Lipinski definition) is 5. The van der Waals surface area contributed by atoms with Crippen molar-refractivity contribution in [2.24, 2.45) is 0 Å². The lowest BCUT2D eigenvalue weighted by Crippen LogP contribution is -2.16. The zero-order valence-corrected chi connectivity index (χ0v) is 10.8. The maximum Gasteiger partial charge on any atom is 0.225 e. The van der Waals surface area contributed by atoms with Crippen LogP contribution in [0.5, 0.6) is 0 Å². The van der Waals surface area contributed by atoms with Gasteiger partial charge in [0.1, 0.15) is 0 Å². The van der Waals surface area contributed by atoms with Crippen molar-refractivity contribution in [2.45, 2.75) is 12.5 Å². The molecule has 1 aromatic rings. The van der Waals surface area contributed by atoms with Gasteiger partial charge in [-0.2, -0.15) is 11.8 Å². The summed E-state index contributed by atoms with van der Waals surface area (Å²) in [6.07, 6.45) is -0.345. The molecule has 0 saturated carbocycles. The molecule has 100 valence electrons. The second-order valence-corrected chi connectivity index (χ2v) is 4.98. The number of nitrogens with one attached hydrogen (secondary N) is 1. The number of nitrogen functional groups attached to an aromatic ring is 1. The van der Waals surface area contributed by atoms with Gasteiger partial charge in [-0.3, -0.25) is 4.79 Å². The maximum atomic E-state index is 11.5. The largest absolute Gasteiger partial charge is 0.399 e. The van der Waals surface area contributed by atoms with E-state index < -0.39 is 6.10 Å². The Bertz CT molecular complexity index is 370. The van der Waals surface area contributed by atoms with Crippen molar-refractivity contribution in [3.05, 3.63) is 24.3 Å². The number of amides is 1. The minimum atomic E-state index is -0.713. The van der Waals surface area contributed by atoms with Crippen molar-refractivity contribution in [2.75, 3.05) is 29.2 Å². The molecule has 5 nitrogen and oxygen atoms in total. The van der Waals surface area contributed by atoms with Crippen molar-refractivity contribution in [1.29, 1.82) is 0 Å². The zero-order valence-electron chi connectivity index (χ0n) is 10.0. The van der Waals surface area contributed by atoms with E-state index in [2.05, 4.69) is 5.32 Å². The van der Waals surface area contributed by atoms with Crippen LogP contribution in [-0.4, -0.2) is 40.3 Å². The Labute approximate surface area is 110 Å². The maximum absolute atomic E-state index is 11.5. The van der Waals surface area contributed by atoms with Gasteiger partial charge >= 0.3 is 0 Å². The van der Waals surface area contributed by atoms with E-state index in [4.69, 9.17) is 15.9 Å². The van der Waals surface area contributed by atoms with Crippen LogP contribution in [0.15, 0.2) is 24.3 Å². The second kappa shape index (κ2) is 7.97. The summed E-state index contributed by atoms with van der Waals surface area (Å²) in [5.74, 6) is 0.967. The van der Waals surface area contributed by atoms with E-state index in [0.717, 1.165) is 5.69 Å². The minimum Gasteiger partial charge on any atom is -0.399 e. The molecule has 0 aromatic heterocycles. The van der Waals surface area contributed by atoms with Crippen LogP contribution in [0.25, 0.3) is 0 Å². The van der Waals surface area contributed by atoms with Gasteiger partial charge in [0.05, 0.1) is 12.7 Å². The Hall–Kier alpha value is -1.24. The zero-order chi connectivity index (χ0) is 13.4. The molecule has 0 radical (unpaired) electrons. The van der Waals surface area contributed by atoms with Gasteiger partial charge in [-0.15, -0.1) is 0 Å². The van der Waals surface area contributed by atoms with E-state index in [1.165, 1.54) is 11.8 Å². The number of anilines is 2. The van der Waals surface area contributed by atoms with E-state index in [9.17, 15) is 4.79 Å². The first kappa shape index (κ1) is 14.8. The fourth-order valence-corrected chi connectivity index (χ4v) is 2.10. The van der Waals surface area contributed by atoms with Crippen LogP contribution in [-0.2, 0) is 4.79 Å². The van der Waals surface area contributed by atoms with Crippen LogP contribution in [0.3, 0.4) is 0 Å². The normalized spacial score (nSPS) is 12.1. The Morgan fingerprint density at radius 3 is 2.67 bits per heavy atom. The first-order chi connectivity index (χ1) is 8.61. The van der Waals surface area contributed by atoms with Gasteiger partial charge < -0.3 is 21.3 Å². The molecule has 0 heterocycles. The standard InChI is InChI=1S/C12H18N2O3S/c13-9-1-3-10(4-2-9)14-12(17)5-6-18-8-11(16)7-15/h1-4,11,15-16H,5-8,13H2,(H,14,17). The summed E-state index contributed by atoms with van der Waals surface area (Å²) in [5, 5.41) is 20.5. The fourth-order valence-electron chi connectivity index (χ4n) is 1.23. The molecule has 0 aliphatic heterocycles. The molecule has 18 heavy (non-hydrogen) atoms. The van der Waals surface area contributed by atoms with Crippen LogP contribution in [0, 0.1) is 0 Å². The molecule has 0 saturated heterocycles. The molecule has 5 N–H and O–H groups in total. The molecule has 1 atom stereocenters. The topological polar surface area (TPSA) is 95.6 Å². The number of aliphatic hydroxyl groups is 2.